The van der Waals surface area contributed by atoms with E-state index >= 15 is 0 Å². The molecule has 70 valence electrons. The molecule has 0 aliphatic rings. The van der Waals surface area contributed by atoms with Crippen molar-refractivity contribution in [2.45, 2.75) is 19.4 Å². The summed E-state index contributed by atoms with van der Waals surface area (Å²) in [5.41, 5.74) is 11.5. The number of aromatic nitrogens is 1. The smallest absolute Gasteiger partial charge is 0.183 e. The molecule has 0 saturated heterocycles. The number of carbonyl (C=O) groups is 1. The van der Waals surface area contributed by atoms with Crippen LogP contribution in [0.15, 0.2) is 18.3 Å². The molecule has 0 fully saturated rings. The van der Waals surface area contributed by atoms with Gasteiger partial charge in [0.05, 0.1) is 11.6 Å². The molecule has 1 aromatic heterocycles. The van der Waals surface area contributed by atoms with Gasteiger partial charge < -0.3 is 11.5 Å². The number of carbonyl (C=O) groups excluding carboxylic acids is 1. The topological polar surface area (TPSA) is 82.0 Å². The molecule has 0 radical (unpaired) electrons. The summed E-state index contributed by atoms with van der Waals surface area (Å²) in [6.07, 6.45) is 2.15. The van der Waals surface area contributed by atoms with Crippen molar-refractivity contribution in [2.24, 2.45) is 5.73 Å². The van der Waals surface area contributed by atoms with Crippen LogP contribution in [-0.4, -0.2) is 16.8 Å². The van der Waals surface area contributed by atoms with Crippen LogP contribution < -0.4 is 11.5 Å². The molecule has 0 aliphatic carbocycles. The zero-order valence-electron chi connectivity index (χ0n) is 7.53. The maximum Gasteiger partial charge on any atom is 0.183 e. The first-order valence-corrected chi connectivity index (χ1v) is 4.17. The van der Waals surface area contributed by atoms with Gasteiger partial charge in [0.15, 0.2) is 5.78 Å². The fourth-order valence-corrected chi connectivity index (χ4v) is 1.01. The number of nitrogen functional groups attached to an aromatic ring is 1. The van der Waals surface area contributed by atoms with Gasteiger partial charge in [-0.3, -0.25) is 4.79 Å². The highest BCUT2D eigenvalue weighted by Gasteiger charge is 2.16. The van der Waals surface area contributed by atoms with Gasteiger partial charge >= 0.3 is 0 Å². The molecule has 1 heterocycles. The SMILES string of the molecule is CCC(N)C(=O)c1cccnc1N. The summed E-state index contributed by atoms with van der Waals surface area (Å²) in [4.78, 5) is 15.4. The number of ketones is 1. The zero-order valence-corrected chi connectivity index (χ0v) is 7.53. The fraction of sp³-hybridized carbons (Fsp3) is 0.333. The summed E-state index contributed by atoms with van der Waals surface area (Å²) in [5.74, 6) is 0.101. The van der Waals surface area contributed by atoms with E-state index in [1.165, 1.54) is 0 Å². The van der Waals surface area contributed by atoms with Crippen molar-refractivity contribution in [1.29, 1.82) is 0 Å². The summed E-state index contributed by atoms with van der Waals surface area (Å²) in [7, 11) is 0. The Kier molecular flexibility index (Phi) is 2.97. The van der Waals surface area contributed by atoms with Crippen molar-refractivity contribution in [3.63, 3.8) is 0 Å². The van der Waals surface area contributed by atoms with Crippen molar-refractivity contribution < 1.29 is 4.79 Å². The van der Waals surface area contributed by atoms with Crippen LogP contribution in [0.5, 0.6) is 0 Å². The highest BCUT2D eigenvalue weighted by molar-refractivity contribution is 6.03. The second-order valence-corrected chi connectivity index (χ2v) is 2.82. The Morgan fingerprint density at radius 2 is 2.38 bits per heavy atom. The van der Waals surface area contributed by atoms with Gasteiger partial charge in [0.25, 0.3) is 0 Å². The van der Waals surface area contributed by atoms with Crippen LogP contribution in [0.3, 0.4) is 0 Å². The van der Waals surface area contributed by atoms with Gasteiger partial charge in [0.1, 0.15) is 5.82 Å². The number of anilines is 1. The van der Waals surface area contributed by atoms with Gasteiger partial charge in [0, 0.05) is 6.20 Å². The summed E-state index contributed by atoms with van der Waals surface area (Å²) >= 11 is 0. The molecule has 1 atom stereocenters. The fourth-order valence-electron chi connectivity index (χ4n) is 1.01. The third-order valence-corrected chi connectivity index (χ3v) is 1.88. The molecule has 1 unspecified atom stereocenters. The molecule has 13 heavy (non-hydrogen) atoms. The molecule has 0 aromatic carbocycles. The van der Waals surface area contributed by atoms with E-state index in [2.05, 4.69) is 4.98 Å². The first-order valence-electron chi connectivity index (χ1n) is 4.17. The van der Waals surface area contributed by atoms with E-state index in [1.807, 2.05) is 6.92 Å². The van der Waals surface area contributed by atoms with E-state index in [0.717, 1.165) is 0 Å². The minimum atomic E-state index is -0.480. The quantitative estimate of drug-likeness (QED) is 0.665. The molecule has 4 nitrogen and oxygen atoms in total. The Labute approximate surface area is 77.0 Å². The van der Waals surface area contributed by atoms with E-state index in [9.17, 15) is 4.79 Å². The predicted molar refractivity (Wildman–Crippen MR) is 51.2 cm³/mol. The molecule has 1 rings (SSSR count). The van der Waals surface area contributed by atoms with Gasteiger partial charge in [-0.05, 0) is 18.6 Å². The van der Waals surface area contributed by atoms with Gasteiger partial charge in [-0.1, -0.05) is 6.92 Å². The summed E-state index contributed by atoms with van der Waals surface area (Å²) in [6.45, 7) is 1.86. The first kappa shape index (κ1) is 9.67. The lowest BCUT2D eigenvalue weighted by molar-refractivity contribution is 0.0960. The number of hydrogen-bond donors (Lipinski definition) is 2. The third kappa shape index (κ3) is 2.03. The standard InChI is InChI=1S/C9H13N3O/c1-2-7(10)8(13)6-4-3-5-12-9(6)11/h3-5,7H,2,10H2,1H3,(H2,11,12). The van der Waals surface area contributed by atoms with Gasteiger partial charge in [0.2, 0.25) is 0 Å². The van der Waals surface area contributed by atoms with E-state index in [1.54, 1.807) is 18.3 Å². The lowest BCUT2D eigenvalue weighted by Crippen LogP contribution is -2.30. The van der Waals surface area contributed by atoms with Gasteiger partial charge in [-0.15, -0.1) is 0 Å². The van der Waals surface area contributed by atoms with Gasteiger partial charge in [-0.2, -0.15) is 0 Å². The molecule has 1 aromatic rings. The Morgan fingerprint density at radius 1 is 1.69 bits per heavy atom. The monoisotopic (exact) mass is 179 g/mol. The predicted octanol–water partition coefficient (Wildman–Crippen LogP) is 0.584. The summed E-state index contributed by atoms with van der Waals surface area (Å²) in [5, 5.41) is 0. The lowest BCUT2D eigenvalue weighted by Gasteiger charge is -2.08. The molecule has 0 saturated carbocycles. The number of hydrogen-bond acceptors (Lipinski definition) is 4. The second kappa shape index (κ2) is 4.00. The van der Waals surface area contributed by atoms with E-state index in [-0.39, 0.29) is 11.6 Å². The second-order valence-electron chi connectivity index (χ2n) is 2.82. The number of nitrogens with two attached hydrogens (primary N) is 2. The van der Waals surface area contributed by atoms with Crippen molar-refractivity contribution in [3.05, 3.63) is 23.9 Å². The Morgan fingerprint density at radius 3 is 2.92 bits per heavy atom. The van der Waals surface area contributed by atoms with Crippen LogP contribution in [-0.2, 0) is 0 Å². The van der Waals surface area contributed by atoms with Crippen molar-refractivity contribution in [3.8, 4) is 0 Å². The van der Waals surface area contributed by atoms with Crippen LogP contribution in [0, 0.1) is 0 Å². The molecule has 4 N–H and O–H groups in total. The summed E-state index contributed by atoms with van der Waals surface area (Å²) < 4.78 is 0. The normalized spacial score (nSPS) is 12.5. The Hall–Kier alpha value is -1.42. The first-order chi connectivity index (χ1) is 6.16. The van der Waals surface area contributed by atoms with Crippen LogP contribution >= 0.6 is 0 Å². The maximum atomic E-state index is 11.6. The number of pyridine rings is 1. The maximum absolute atomic E-state index is 11.6. The van der Waals surface area contributed by atoms with Crippen LogP contribution in [0.4, 0.5) is 5.82 Å². The number of Topliss-reactive ketones (excluding diaryl/α,β-unsaturated/α-hetero) is 1. The molecular formula is C9H13N3O. The number of nitrogens with zero attached hydrogens (tertiary/aromatic N) is 1. The van der Waals surface area contributed by atoms with Crippen molar-refractivity contribution in [2.75, 3.05) is 5.73 Å². The molecule has 4 heteroatoms. The number of rotatable bonds is 3. The summed E-state index contributed by atoms with van der Waals surface area (Å²) in [6, 6.07) is 2.83. The Balaban J connectivity index is 2.95. The highest BCUT2D eigenvalue weighted by Crippen LogP contribution is 2.10. The zero-order chi connectivity index (χ0) is 9.84. The van der Waals surface area contributed by atoms with E-state index in [4.69, 9.17) is 11.5 Å². The Bertz CT molecular complexity index is 311. The van der Waals surface area contributed by atoms with E-state index < -0.39 is 6.04 Å². The van der Waals surface area contributed by atoms with Gasteiger partial charge in [-0.25, -0.2) is 4.98 Å². The third-order valence-electron chi connectivity index (χ3n) is 1.88. The molecule has 0 aliphatic heterocycles. The largest absolute Gasteiger partial charge is 0.383 e. The van der Waals surface area contributed by atoms with Crippen LogP contribution in [0.1, 0.15) is 23.7 Å². The van der Waals surface area contributed by atoms with Crippen LogP contribution in [0.2, 0.25) is 0 Å². The average Bonchev–Trinajstić information content (AvgIpc) is 2.16. The van der Waals surface area contributed by atoms with Crippen molar-refractivity contribution in [1.82, 2.24) is 4.98 Å². The lowest BCUT2D eigenvalue weighted by atomic mass is 10.0. The molecule has 0 bridgehead atoms. The minimum Gasteiger partial charge on any atom is -0.383 e. The minimum absolute atomic E-state index is 0.145. The van der Waals surface area contributed by atoms with Crippen LogP contribution in [0.25, 0.3) is 0 Å². The average molecular weight is 179 g/mol. The molecule has 0 amide bonds. The molecule has 0 spiro atoms. The van der Waals surface area contributed by atoms with Crippen molar-refractivity contribution >= 4 is 11.6 Å². The van der Waals surface area contributed by atoms with E-state index in [0.29, 0.717) is 12.0 Å². The molecular weight excluding hydrogens is 166 g/mol. The highest BCUT2D eigenvalue weighted by atomic mass is 16.1.